The Morgan fingerprint density at radius 3 is 2.87 bits per heavy atom. The van der Waals surface area contributed by atoms with Gasteiger partial charge in [-0.1, -0.05) is 12.1 Å². The molecule has 1 saturated heterocycles. The zero-order valence-corrected chi connectivity index (χ0v) is 8.66. The molecule has 0 bridgehead atoms. The van der Waals surface area contributed by atoms with Crippen LogP contribution in [0.5, 0.6) is 0 Å². The fourth-order valence-corrected chi connectivity index (χ4v) is 2.02. The van der Waals surface area contributed by atoms with Gasteiger partial charge in [-0.3, -0.25) is 0 Å². The average Bonchev–Trinajstić information content (AvgIpc) is 2.29. The van der Waals surface area contributed by atoms with Crippen LogP contribution in [0.1, 0.15) is 24.3 Å². The summed E-state index contributed by atoms with van der Waals surface area (Å²) in [7, 11) is 0. The number of nitrogens with two attached hydrogens (primary N) is 1. The Morgan fingerprint density at radius 2 is 2.27 bits per heavy atom. The third-order valence-corrected chi connectivity index (χ3v) is 2.95. The molecule has 82 valence electrons. The highest BCUT2D eigenvalue weighted by atomic mass is 19.1. The van der Waals surface area contributed by atoms with Gasteiger partial charge >= 0.3 is 0 Å². The normalized spacial score (nSPS) is 26.5. The van der Waals surface area contributed by atoms with Crippen LogP contribution in [0, 0.1) is 5.82 Å². The van der Waals surface area contributed by atoms with Gasteiger partial charge < -0.3 is 10.5 Å². The monoisotopic (exact) mass is 209 g/mol. The molecule has 1 aliphatic heterocycles. The summed E-state index contributed by atoms with van der Waals surface area (Å²) in [6, 6.07) is 6.77. The van der Waals surface area contributed by atoms with Crippen molar-refractivity contribution in [1.29, 1.82) is 0 Å². The van der Waals surface area contributed by atoms with E-state index in [0.717, 1.165) is 18.4 Å². The van der Waals surface area contributed by atoms with Crippen molar-refractivity contribution in [3.05, 3.63) is 35.6 Å². The van der Waals surface area contributed by atoms with Crippen molar-refractivity contribution in [1.82, 2.24) is 0 Å². The Balaban J connectivity index is 2.01. The summed E-state index contributed by atoms with van der Waals surface area (Å²) < 4.78 is 18.6. The largest absolute Gasteiger partial charge is 0.376 e. The predicted octanol–water partition coefficient (Wildman–Crippen LogP) is 2.05. The van der Waals surface area contributed by atoms with E-state index in [0.29, 0.717) is 19.1 Å². The summed E-state index contributed by atoms with van der Waals surface area (Å²) in [5.41, 5.74) is 6.56. The van der Waals surface area contributed by atoms with Crippen LogP contribution < -0.4 is 5.73 Å². The number of ether oxygens (including phenoxy) is 1. The molecular formula is C12H16FNO. The van der Waals surface area contributed by atoms with Crippen LogP contribution in [0.3, 0.4) is 0 Å². The first-order valence-electron chi connectivity index (χ1n) is 5.36. The second-order valence-electron chi connectivity index (χ2n) is 4.02. The molecular weight excluding hydrogens is 193 g/mol. The molecule has 1 aromatic rings. The zero-order chi connectivity index (χ0) is 10.7. The van der Waals surface area contributed by atoms with Crippen LogP contribution in [-0.2, 0) is 4.74 Å². The van der Waals surface area contributed by atoms with Crippen molar-refractivity contribution in [3.8, 4) is 0 Å². The van der Waals surface area contributed by atoms with Gasteiger partial charge in [0.25, 0.3) is 0 Å². The van der Waals surface area contributed by atoms with Crippen molar-refractivity contribution < 1.29 is 9.13 Å². The Kier molecular flexibility index (Phi) is 3.34. The highest BCUT2D eigenvalue weighted by Gasteiger charge is 2.21. The first kappa shape index (κ1) is 10.6. The molecule has 0 saturated carbocycles. The van der Waals surface area contributed by atoms with Gasteiger partial charge in [-0.05, 0) is 30.5 Å². The highest BCUT2D eigenvalue weighted by molar-refractivity contribution is 5.21. The SMILES string of the molecule is NCC1CCC(c2cccc(F)c2)CO1. The molecule has 1 heterocycles. The summed E-state index contributed by atoms with van der Waals surface area (Å²) in [5.74, 6) is 0.150. The van der Waals surface area contributed by atoms with E-state index in [2.05, 4.69) is 0 Å². The quantitative estimate of drug-likeness (QED) is 0.809. The molecule has 2 unspecified atom stereocenters. The molecule has 2 atom stereocenters. The molecule has 2 rings (SSSR count). The molecule has 0 spiro atoms. The van der Waals surface area contributed by atoms with E-state index < -0.39 is 0 Å². The number of halogens is 1. The van der Waals surface area contributed by atoms with E-state index in [1.165, 1.54) is 6.07 Å². The minimum absolute atomic E-state index is 0.173. The molecule has 1 aliphatic rings. The van der Waals surface area contributed by atoms with Crippen molar-refractivity contribution in [2.45, 2.75) is 24.9 Å². The predicted molar refractivity (Wildman–Crippen MR) is 57.2 cm³/mol. The third kappa shape index (κ3) is 2.55. The van der Waals surface area contributed by atoms with Crippen molar-refractivity contribution in [2.75, 3.05) is 13.2 Å². The Hall–Kier alpha value is -0.930. The molecule has 1 fully saturated rings. The van der Waals surface area contributed by atoms with Crippen LogP contribution in [-0.4, -0.2) is 19.3 Å². The average molecular weight is 209 g/mol. The van der Waals surface area contributed by atoms with Gasteiger partial charge in [0.2, 0.25) is 0 Å². The number of hydrogen-bond acceptors (Lipinski definition) is 2. The van der Waals surface area contributed by atoms with Crippen LogP contribution >= 0.6 is 0 Å². The fourth-order valence-electron chi connectivity index (χ4n) is 2.02. The van der Waals surface area contributed by atoms with Gasteiger partial charge in [-0.15, -0.1) is 0 Å². The third-order valence-electron chi connectivity index (χ3n) is 2.95. The summed E-state index contributed by atoms with van der Waals surface area (Å²) in [5, 5.41) is 0. The minimum atomic E-state index is -0.173. The van der Waals surface area contributed by atoms with Gasteiger partial charge in [0.05, 0.1) is 12.7 Å². The smallest absolute Gasteiger partial charge is 0.123 e. The maximum Gasteiger partial charge on any atom is 0.123 e. The molecule has 3 heteroatoms. The Morgan fingerprint density at radius 1 is 1.40 bits per heavy atom. The van der Waals surface area contributed by atoms with Gasteiger partial charge in [0.15, 0.2) is 0 Å². The number of rotatable bonds is 2. The Labute approximate surface area is 89.2 Å². The fraction of sp³-hybridized carbons (Fsp3) is 0.500. The van der Waals surface area contributed by atoms with Crippen LogP contribution in [0.15, 0.2) is 24.3 Å². The van der Waals surface area contributed by atoms with E-state index in [4.69, 9.17) is 10.5 Å². The van der Waals surface area contributed by atoms with Gasteiger partial charge in [0, 0.05) is 12.5 Å². The summed E-state index contributed by atoms with van der Waals surface area (Å²) in [6.07, 6.45) is 2.19. The standard InChI is InChI=1S/C12H16FNO/c13-11-3-1-2-9(6-11)10-4-5-12(7-14)15-8-10/h1-3,6,10,12H,4-5,7-8,14H2. The summed E-state index contributed by atoms with van der Waals surface area (Å²) >= 11 is 0. The van der Waals surface area contributed by atoms with Crippen LogP contribution in [0.4, 0.5) is 4.39 Å². The first-order valence-corrected chi connectivity index (χ1v) is 5.36. The van der Waals surface area contributed by atoms with E-state index in [9.17, 15) is 4.39 Å². The lowest BCUT2D eigenvalue weighted by Gasteiger charge is -2.28. The van der Waals surface area contributed by atoms with Crippen molar-refractivity contribution >= 4 is 0 Å². The van der Waals surface area contributed by atoms with Crippen molar-refractivity contribution in [2.24, 2.45) is 5.73 Å². The topological polar surface area (TPSA) is 35.2 Å². The molecule has 2 N–H and O–H groups in total. The first-order chi connectivity index (χ1) is 7.29. The van der Waals surface area contributed by atoms with Crippen LogP contribution in [0.25, 0.3) is 0 Å². The second-order valence-corrected chi connectivity index (χ2v) is 4.02. The zero-order valence-electron chi connectivity index (χ0n) is 8.66. The summed E-state index contributed by atoms with van der Waals surface area (Å²) in [6.45, 7) is 1.24. The van der Waals surface area contributed by atoms with Gasteiger partial charge in [0.1, 0.15) is 5.82 Å². The Bertz CT molecular complexity index is 321. The van der Waals surface area contributed by atoms with Crippen LogP contribution in [0.2, 0.25) is 0 Å². The molecule has 0 aliphatic carbocycles. The maximum atomic E-state index is 13.0. The molecule has 2 nitrogen and oxygen atoms in total. The second kappa shape index (κ2) is 4.73. The van der Waals surface area contributed by atoms with E-state index >= 15 is 0 Å². The minimum Gasteiger partial charge on any atom is -0.376 e. The van der Waals surface area contributed by atoms with Gasteiger partial charge in [-0.25, -0.2) is 4.39 Å². The maximum absolute atomic E-state index is 13.0. The number of hydrogen-bond donors (Lipinski definition) is 1. The molecule has 0 amide bonds. The van der Waals surface area contributed by atoms with E-state index in [1.807, 2.05) is 6.07 Å². The lowest BCUT2D eigenvalue weighted by molar-refractivity contribution is 0.00952. The molecule has 0 radical (unpaired) electrons. The van der Waals surface area contributed by atoms with E-state index in [-0.39, 0.29) is 11.9 Å². The number of benzene rings is 1. The molecule has 0 aromatic heterocycles. The van der Waals surface area contributed by atoms with Crippen molar-refractivity contribution in [3.63, 3.8) is 0 Å². The lowest BCUT2D eigenvalue weighted by atomic mass is 9.91. The molecule has 1 aromatic carbocycles. The lowest BCUT2D eigenvalue weighted by Crippen LogP contribution is -2.30. The highest BCUT2D eigenvalue weighted by Crippen LogP contribution is 2.28. The summed E-state index contributed by atoms with van der Waals surface area (Å²) in [4.78, 5) is 0. The van der Waals surface area contributed by atoms with Gasteiger partial charge in [-0.2, -0.15) is 0 Å². The molecule has 15 heavy (non-hydrogen) atoms. The van der Waals surface area contributed by atoms with E-state index in [1.54, 1.807) is 12.1 Å².